The van der Waals surface area contributed by atoms with Crippen LogP contribution in [0.2, 0.25) is 0 Å². The van der Waals surface area contributed by atoms with Gasteiger partial charge in [-0.3, -0.25) is 5.32 Å². The summed E-state index contributed by atoms with van der Waals surface area (Å²) in [6.07, 6.45) is 4.18. The quantitative estimate of drug-likeness (QED) is 0.653. The van der Waals surface area contributed by atoms with E-state index < -0.39 is 0 Å². The molecule has 0 aromatic carbocycles. The molecular weight excluding hydrogens is 314 g/mol. The topological polar surface area (TPSA) is 73.6 Å². The fraction of sp³-hybridized carbons (Fsp3) is 0.182. The molecule has 5 nitrogen and oxygen atoms in total. The highest BCUT2D eigenvalue weighted by Gasteiger charge is 2.00. The van der Waals surface area contributed by atoms with Crippen LogP contribution in [0.5, 0.6) is 0 Å². The number of halogens is 1. The normalized spacial score (nSPS) is 9.78. The average Bonchev–Trinajstić information content (AvgIpc) is 2.76. The maximum atomic E-state index is 8.49. The van der Waals surface area contributed by atoms with E-state index in [4.69, 9.17) is 5.26 Å². The third kappa shape index (κ3) is 3.68. The largest absolute Gasteiger partial charge is 0.370 e. The van der Waals surface area contributed by atoms with Gasteiger partial charge in [-0.05, 0) is 34.5 Å². The predicted molar refractivity (Wildman–Crippen MR) is 75.5 cm³/mol. The van der Waals surface area contributed by atoms with E-state index in [-0.39, 0.29) is 0 Å². The predicted octanol–water partition coefficient (Wildman–Crippen LogP) is 2.85. The summed E-state index contributed by atoms with van der Waals surface area (Å²) in [5.74, 6) is 1.20. The minimum Gasteiger partial charge on any atom is -0.370 e. The van der Waals surface area contributed by atoms with Crippen LogP contribution in [0.1, 0.15) is 4.88 Å². The Bertz CT molecular complexity index is 563. The van der Waals surface area contributed by atoms with Crippen molar-refractivity contribution in [2.24, 2.45) is 0 Å². The van der Waals surface area contributed by atoms with Crippen molar-refractivity contribution in [3.8, 4) is 6.19 Å². The molecule has 2 aromatic rings. The molecule has 0 saturated heterocycles. The summed E-state index contributed by atoms with van der Waals surface area (Å²) in [5, 5.41) is 14.2. The number of aromatic nitrogens is 2. The number of nitriles is 1. The average molecular weight is 324 g/mol. The zero-order valence-electron chi connectivity index (χ0n) is 9.35. The second-order valence-electron chi connectivity index (χ2n) is 3.41. The summed E-state index contributed by atoms with van der Waals surface area (Å²) in [7, 11) is 0. The van der Waals surface area contributed by atoms with Crippen LogP contribution in [0.4, 0.5) is 11.6 Å². The molecule has 92 valence electrons. The lowest BCUT2D eigenvalue weighted by molar-refractivity contribution is 1.02. The molecule has 7 heteroatoms. The Labute approximate surface area is 117 Å². The van der Waals surface area contributed by atoms with Gasteiger partial charge in [-0.15, -0.1) is 11.3 Å². The van der Waals surface area contributed by atoms with Crippen molar-refractivity contribution in [2.75, 3.05) is 17.2 Å². The Hall–Kier alpha value is -1.65. The third-order valence-corrected chi connectivity index (χ3v) is 3.84. The molecule has 0 fully saturated rings. The van der Waals surface area contributed by atoms with Gasteiger partial charge in [0.25, 0.3) is 0 Å². The molecule has 0 radical (unpaired) electrons. The Morgan fingerprint density at radius 2 is 2.17 bits per heavy atom. The number of hydrogen-bond donors (Lipinski definition) is 2. The van der Waals surface area contributed by atoms with Crippen molar-refractivity contribution in [1.82, 2.24) is 9.97 Å². The van der Waals surface area contributed by atoms with E-state index in [0.717, 1.165) is 16.8 Å². The second-order valence-corrected chi connectivity index (χ2v) is 5.96. The van der Waals surface area contributed by atoms with E-state index in [0.29, 0.717) is 11.6 Å². The standard InChI is InChI=1S/C11H10BrN5S/c12-9-2-1-8(18-9)3-4-14-10-5-11(15-6-13)17-7-16-10/h1-2,5,7H,3-4H2,(H2,14,15,16,17). The van der Waals surface area contributed by atoms with Crippen LogP contribution in [-0.4, -0.2) is 16.5 Å². The van der Waals surface area contributed by atoms with Gasteiger partial charge in [0.1, 0.15) is 18.0 Å². The summed E-state index contributed by atoms with van der Waals surface area (Å²) in [4.78, 5) is 9.29. The molecule has 0 aliphatic rings. The third-order valence-electron chi connectivity index (χ3n) is 2.16. The van der Waals surface area contributed by atoms with Crippen molar-refractivity contribution < 1.29 is 0 Å². The van der Waals surface area contributed by atoms with Crippen LogP contribution in [0.15, 0.2) is 28.3 Å². The van der Waals surface area contributed by atoms with Gasteiger partial charge < -0.3 is 5.32 Å². The molecule has 2 rings (SSSR count). The van der Waals surface area contributed by atoms with E-state index >= 15 is 0 Å². The van der Waals surface area contributed by atoms with Gasteiger partial charge in [-0.2, -0.15) is 5.26 Å². The van der Waals surface area contributed by atoms with Crippen molar-refractivity contribution in [1.29, 1.82) is 5.26 Å². The summed E-state index contributed by atoms with van der Waals surface area (Å²) in [6, 6.07) is 5.84. The lowest BCUT2D eigenvalue weighted by Crippen LogP contribution is -2.06. The number of nitrogens with zero attached hydrogens (tertiary/aromatic N) is 3. The minimum atomic E-state index is 0.494. The van der Waals surface area contributed by atoms with Crippen LogP contribution >= 0.6 is 27.3 Å². The Morgan fingerprint density at radius 3 is 2.89 bits per heavy atom. The molecular formula is C11H10BrN5S. The molecule has 2 N–H and O–H groups in total. The number of nitrogens with one attached hydrogen (secondary N) is 2. The summed E-state index contributed by atoms with van der Waals surface area (Å²) in [5.41, 5.74) is 0. The van der Waals surface area contributed by atoms with E-state index in [1.54, 1.807) is 17.4 Å². The lowest BCUT2D eigenvalue weighted by Gasteiger charge is -2.04. The number of thiophene rings is 1. The highest BCUT2D eigenvalue weighted by atomic mass is 79.9. The lowest BCUT2D eigenvalue weighted by atomic mass is 10.3. The first kappa shape index (κ1) is 12.8. The molecule has 0 aliphatic carbocycles. The Kier molecular flexibility index (Phi) is 4.50. The number of rotatable bonds is 5. The van der Waals surface area contributed by atoms with Gasteiger partial charge in [0, 0.05) is 17.5 Å². The van der Waals surface area contributed by atoms with Crippen LogP contribution < -0.4 is 10.6 Å². The van der Waals surface area contributed by atoms with Gasteiger partial charge in [0.15, 0.2) is 6.19 Å². The number of hydrogen-bond acceptors (Lipinski definition) is 6. The van der Waals surface area contributed by atoms with Gasteiger partial charge in [-0.25, -0.2) is 9.97 Å². The highest BCUT2D eigenvalue weighted by molar-refractivity contribution is 9.11. The van der Waals surface area contributed by atoms with Gasteiger partial charge in [-0.1, -0.05) is 0 Å². The monoisotopic (exact) mass is 323 g/mol. The zero-order valence-corrected chi connectivity index (χ0v) is 11.8. The Balaban J connectivity index is 1.86. The minimum absolute atomic E-state index is 0.494. The number of anilines is 2. The van der Waals surface area contributed by atoms with E-state index in [2.05, 4.69) is 42.6 Å². The van der Waals surface area contributed by atoms with Gasteiger partial charge in [0.05, 0.1) is 3.79 Å². The van der Waals surface area contributed by atoms with E-state index in [9.17, 15) is 0 Å². The molecule has 0 amide bonds. The molecule has 2 aromatic heterocycles. The zero-order chi connectivity index (χ0) is 12.8. The summed E-state index contributed by atoms with van der Waals surface area (Å²) < 4.78 is 1.14. The van der Waals surface area contributed by atoms with Crippen molar-refractivity contribution in [2.45, 2.75) is 6.42 Å². The highest BCUT2D eigenvalue weighted by Crippen LogP contribution is 2.22. The molecule has 0 saturated carbocycles. The fourth-order valence-electron chi connectivity index (χ4n) is 1.38. The van der Waals surface area contributed by atoms with Crippen LogP contribution in [0, 0.1) is 11.5 Å². The second kappa shape index (κ2) is 6.33. The van der Waals surface area contributed by atoms with Crippen LogP contribution in [0.3, 0.4) is 0 Å². The van der Waals surface area contributed by atoms with E-state index in [1.807, 2.05) is 12.3 Å². The SMILES string of the molecule is N#CNc1cc(NCCc2ccc(Br)s2)ncn1. The maximum absolute atomic E-state index is 8.49. The van der Waals surface area contributed by atoms with Gasteiger partial charge >= 0.3 is 0 Å². The summed E-state index contributed by atoms with van der Waals surface area (Å²) >= 11 is 5.16. The summed E-state index contributed by atoms with van der Waals surface area (Å²) in [6.45, 7) is 0.788. The molecule has 2 heterocycles. The Morgan fingerprint density at radius 1 is 1.33 bits per heavy atom. The first-order chi connectivity index (χ1) is 8.78. The van der Waals surface area contributed by atoms with Crippen molar-refractivity contribution in [3.05, 3.63) is 33.2 Å². The van der Waals surface area contributed by atoms with Crippen molar-refractivity contribution in [3.63, 3.8) is 0 Å². The molecule has 0 atom stereocenters. The molecule has 0 bridgehead atoms. The first-order valence-corrected chi connectivity index (χ1v) is 6.84. The molecule has 0 spiro atoms. The first-order valence-electron chi connectivity index (χ1n) is 5.23. The smallest absolute Gasteiger partial charge is 0.182 e. The maximum Gasteiger partial charge on any atom is 0.182 e. The fourth-order valence-corrected chi connectivity index (χ4v) is 2.86. The van der Waals surface area contributed by atoms with Crippen LogP contribution in [0.25, 0.3) is 0 Å². The molecule has 0 aliphatic heterocycles. The molecule has 18 heavy (non-hydrogen) atoms. The van der Waals surface area contributed by atoms with Crippen molar-refractivity contribution >= 4 is 38.9 Å². The van der Waals surface area contributed by atoms with E-state index in [1.165, 1.54) is 11.2 Å². The molecule has 0 unspecified atom stereocenters. The van der Waals surface area contributed by atoms with Gasteiger partial charge in [0.2, 0.25) is 0 Å². The van der Waals surface area contributed by atoms with Crippen LogP contribution in [-0.2, 0) is 6.42 Å².